The van der Waals surface area contributed by atoms with Crippen molar-refractivity contribution in [2.45, 2.75) is 18.7 Å². The van der Waals surface area contributed by atoms with E-state index in [1.165, 1.54) is 23.1 Å². The van der Waals surface area contributed by atoms with E-state index in [2.05, 4.69) is 47.1 Å². The van der Waals surface area contributed by atoms with Crippen LogP contribution in [-0.4, -0.2) is 19.1 Å². The number of methoxy groups -OCH3 is 1. The number of nitrogens with zero attached hydrogens (tertiary/aromatic N) is 1. The van der Waals surface area contributed by atoms with Crippen LogP contribution in [0.5, 0.6) is 5.88 Å². The number of hydrogen-bond donors (Lipinski definition) is 2. The molecule has 2 aromatic rings. The van der Waals surface area contributed by atoms with Crippen LogP contribution in [0.15, 0.2) is 35.4 Å². The molecule has 0 unspecified atom stereocenters. The Morgan fingerprint density at radius 3 is 2.50 bits per heavy atom. The number of para-hydroxylation sites is 1. The normalized spacial score (nSPS) is 10.2. The number of anilines is 2. The molecule has 0 amide bonds. The van der Waals surface area contributed by atoms with Crippen LogP contribution in [0.1, 0.15) is 11.1 Å². The molecule has 1 heterocycles. The van der Waals surface area contributed by atoms with Gasteiger partial charge in [0.25, 0.3) is 0 Å². The van der Waals surface area contributed by atoms with Gasteiger partial charge in [-0.1, -0.05) is 18.2 Å². The summed E-state index contributed by atoms with van der Waals surface area (Å²) in [6.45, 7) is 4.19. The van der Waals surface area contributed by atoms with Gasteiger partial charge in [-0.25, -0.2) is 4.98 Å². The third kappa shape index (κ3) is 3.17. The number of benzene rings is 1. The number of pyridine rings is 1. The topological polar surface area (TPSA) is 46.2 Å². The van der Waals surface area contributed by atoms with Crippen molar-refractivity contribution in [1.29, 1.82) is 0 Å². The van der Waals surface area contributed by atoms with Crippen LogP contribution >= 0.6 is 11.9 Å². The molecule has 106 valence electrons. The van der Waals surface area contributed by atoms with Gasteiger partial charge in [-0.05, 0) is 43.0 Å². The molecule has 5 heteroatoms. The Balaban J connectivity index is 2.22. The first-order valence-electron chi connectivity index (χ1n) is 6.36. The second-order valence-electron chi connectivity index (χ2n) is 4.45. The van der Waals surface area contributed by atoms with Gasteiger partial charge in [-0.15, -0.1) is 0 Å². The molecule has 0 fully saturated rings. The lowest BCUT2D eigenvalue weighted by atomic mass is 10.1. The van der Waals surface area contributed by atoms with E-state index >= 15 is 0 Å². The Kier molecular flexibility index (Phi) is 4.74. The predicted octanol–water partition coefficient (Wildman–Crippen LogP) is 3.87. The second-order valence-corrected chi connectivity index (χ2v) is 5.30. The zero-order chi connectivity index (χ0) is 14.5. The highest BCUT2D eigenvalue weighted by atomic mass is 32.2. The van der Waals surface area contributed by atoms with Crippen LogP contribution in [-0.2, 0) is 0 Å². The summed E-state index contributed by atoms with van der Waals surface area (Å²) in [5.74, 6) is 0.618. The van der Waals surface area contributed by atoms with Crippen molar-refractivity contribution in [1.82, 2.24) is 4.98 Å². The van der Waals surface area contributed by atoms with Gasteiger partial charge in [0, 0.05) is 7.05 Å². The highest BCUT2D eigenvalue weighted by molar-refractivity contribution is 8.00. The fourth-order valence-corrected chi connectivity index (χ4v) is 2.82. The summed E-state index contributed by atoms with van der Waals surface area (Å²) in [4.78, 5) is 5.23. The van der Waals surface area contributed by atoms with Crippen molar-refractivity contribution in [2.24, 2.45) is 0 Å². The Hall–Kier alpha value is -1.88. The maximum atomic E-state index is 5.29. The van der Waals surface area contributed by atoms with Crippen molar-refractivity contribution in [3.8, 4) is 5.88 Å². The van der Waals surface area contributed by atoms with Crippen LogP contribution in [0.2, 0.25) is 0 Å². The number of nitrogens with one attached hydrogen (secondary N) is 2. The van der Waals surface area contributed by atoms with Gasteiger partial charge in [-0.2, -0.15) is 0 Å². The van der Waals surface area contributed by atoms with Gasteiger partial charge in [0.2, 0.25) is 5.88 Å². The molecule has 20 heavy (non-hydrogen) atoms. The largest absolute Gasteiger partial charge is 0.480 e. The lowest BCUT2D eigenvalue weighted by Crippen LogP contribution is -1.98. The molecular weight excluding hydrogens is 270 g/mol. The summed E-state index contributed by atoms with van der Waals surface area (Å²) in [7, 11) is 3.50. The number of rotatable bonds is 5. The number of hydrogen-bond acceptors (Lipinski definition) is 5. The molecule has 0 bridgehead atoms. The summed E-state index contributed by atoms with van der Waals surface area (Å²) in [5.41, 5.74) is 4.52. The third-order valence-corrected chi connectivity index (χ3v) is 3.86. The van der Waals surface area contributed by atoms with E-state index in [9.17, 15) is 0 Å². The van der Waals surface area contributed by atoms with Gasteiger partial charge in [0.1, 0.15) is 0 Å². The average Bonchev–Trinajstić information content (AvgIpc) is 2.46. The summed E-state index contributed by atoms with van der Waals surface area (Å²) in [6, 6.07) is 8.26. The minimum Gasteiger partial charge on any atom is -0.480 e. The zero-order valence-electron chi connectivity index (χ0n) is 12.2. The first kappa shape index (κ1) is 14.5. The van der Waals surface area contributed by atoms with Crippen molar-refractivity contribution >= 4 is 23.3 Å². The summed E-state index contributed by atoms with van der Waals surface area (Å²) >= 11 is 1.51. The van der Waals surface area contributed by atoms with E-state index in [4.69, 9.17) is 4.74 Å². The van der Waals surface area contributed by atoms with Gasteiger partial charge in [-0.3, -0.25) is 0 Å². The SMILES string of the molecule is CNc1cnc(OC)c(SNc2c(C)cccc2C)c1. The Morgan fingerprint density at radius 1 is 1.20 bits per heavy atom. The zero-order valence-corrected chi connectivity index (χ0v) is 13.0. The van der Waals surface area contributed by atoms with Crippen LogP contribution in [0.3, 0.4) is 0 Å². The van der Waals surface area contributed by atoms with Crippen molar-refractivity contribution in [3.05, 3.63) is 41.6 Å². The van der Waals surface area contributed by atoms with E-state index in [1.54, 1.807) is 13.3 Å². The Morgan fingerprint density at radius 2 is 1.90 bits per heavy atom. The van der Waals surface area contributed by atoms with Gasteiger partial charge < -0.3 is 14.8 Å². The van der Waals surface area contributed by atoms with E-state index in [1.807, 2.05) is 13.1 Å². The van der Waals surface area contributed by atoms with Gasteiger partial charge >= 0.3 is 0 Å². The van der Waals surface area contributed by atoms with Gasteiger partial charge in [0.05, 0.1) is 29.6 Å². The average molecular weight is 289 g/mol. The monoisotopic (exact) mass is 289 g/mol. The molecule has 0 saturated carbocycles. The minimum atomic E-state index is 0.618. The number of aromatic nitrogens is 1. The number of ether oxygens (including phenoxy) is 1. The van der Waals surface area contributed by atoms with Crippen molar-refractivity contribution in [2.75, 3.05) is 24.2 Å². The molecule has 4 nitrogen and oxygen atoms in total. The summed E-state index contributed by atoms with van der Waals surface area (Å²) < 4.78 is 8.69. The molecule has 0 aliphatic rings. The fraction of sp³-hybridized carbons (Fsp3) is 0.267. The first-order valence-corrected chi connectivity index (χ1v) is 7.18. The van der Waals surface area contributed by atoms with Crippen LogP contribution in [0, 0.1) is 13.8 Å². The summed E-state index contributed by atoms with van der Waals surface area (Å²) in [6.07, 6.45) is 1.75. The molecule has 1 aromatic carbocycles. The molecule has 1 aromatic heterocycles. The molecule has 0 atom stereocenters. The molecule has 2 rings (SSSR count). The maximum absolute atomic E-state index is 5.29. The van der Waals surface area contributed by atoms with Crippen LogP contribution in [0.4, 0.5) is 11.4 Å². The fourth-order valence-electron chi connectivity index (χ4n) is 1.88. The minimum absolute atomic E-state index is 0.618. The van der Waals surface area contributed by atoms with Crippen LogP contribution < -0.4 is 14.8 Å². The smallest absolute Gasteiger partial charge is 0.229 e. The molecule has 0 aliphatic carbocycles. The molecule has 2 N–H and O–H groups in total. The van der Waals surface area contributed by atoms with E-state index in [0.29, 0.717) is 5.88 Å². The van der Waals surface area contributed by atoms with Gasteiger partial charge in [0.15, 0.2) is 0 Å². The van der Waals surface area contributed by atoms with E-state index < -0.39 is 0 Å². The third-order valence-electron chi connectivity index (χ3n) is 3.04. The Labute approximate surface area is 124 Å². The molecule has 0 radical (unpaired) electrons. The highest BCUT2D eigenvalue weighted by Crippen LogP contribution is 2.32. The maximum Gasteiger partial charge on any atom is 0.229 e. The molecule has 0 saturated heterocycles. The van der Waals surface area contributed by atoms with E-state index in [0.717, 1.165) is 16.3 Å². The van der Waals surface area contributed by atoms with Crippen LogP contribution in [0.25, 0.3) is 0 Å². The quantitative estimate of drug-likeness (QED) is 0.818. The standard InChI is InChI=1S/C15H19N3OS/c1-10-6-5-7-11(2)14(10)18-20-13-8-12(16-3)9-17-15(13)19-4/h5-9,16,18H,1-4H3. The first-order chi connectivity index (χ1) is 9.65. The van der Waals surface area contributed by atoms with Crippen molar-refractivity contribution in [3.63, 3.8) is 0 Å². The predicted molar refractivity (Wildman–Crippen MR) is 85.7 cm³/mol. The highest BCUT2D eigenvalue weighted by Gasteiger charge is 2.08. The second kappa shape index (κ2) is 6.52. The molecule has 0 aliphatic heterocycles. The lowest BCUT2D eigenvalue weighted by Gasteiger charge is -2.13. The number of aryl methyl sites for hydroxylation is 2. The molecule has 0 spiro atoms. The Bertz CT molecular complexity index is 581. The summed E-state index contributed by atoms with van der Waals surface area (Å²) in [5, 5.41) is 3.08. The van der Waals surface area contributed by atoms with E-state index in [-0.39, 0.29) is 0 Å². The molecular formula is C15H19N3OS. The lowest BCUT2D eigenvalue weighted by molar-refractivity contribution is 0.387. The van der Waals surface area contributed by atoms with Crippen molar-refractivity contribution < 1.29 is 4.74 Å².